The van der Waals surface area contributed by atoms with E-state index in [0.29, 0.717) is 16.9 Å². The fourth-order valence-electron chi connectivity index (χ4n) is 2.92. The summed E-state index contributed by atoms with van der Waals surface area (Å²) < 4.78 is 6.74. The van der Waals surface area contributed by atoms with Crippen LogP contribution in [0.3, 0.4) is 0 Å². The average Bonchev–Trinajstić information content (AvgIpc) is 3.01. The van der Waals surface area contributed by atoms with Crippen LogP contribution in [0.15, 0.2) is 54.6 Å². The van der Waals surface area contributed by atoms with Crippen molar-refractivity contribution in [1.82, 2.24) is 9.78 Å². The van der Waals surface area contributed by atoms with Gasteiger partial charge in [0.05, 0.1) is 34.1 Å². The summed E-state index contributed by atoms with van der Waals surface area (Å²) in [6, 6.07) is 15.1. The number of carbonyl (C=O) groups is 2. The number of nitrogens with zero attached hydrogens (tertiary/aromatic N) is 3. The molecule has 1 aromatic heterocycles. The Balaban J connectivity index is 1.56. The Morgan fingerprint density at radius 2 is 1.77 bits per heavy atom. The Morgan fingerprint density at radius 3 is 2.40 bits per heavy atom. The van der Waals surface area contributed by atoms with Crippen molar-refractivity contribution in [3.8, 4) is 5.69 Å². The number of carbonyl (C=O) groups excluding carboxylic acids is 2. The lowest BCUT2D eigenvalue weighted by atomic mass is 10.1. The molecule has 0 aliphatic rings. The molecule has 0 unspecified atom stereocenters. The molecule has 0 spiro atoms. The summed E-state index contributed by atoms with van der Waals surface area (Å²) in [5.41, 5.74) is 3.32. The molecule has 30 heavy (non-hydrogen) atoms. The summed E-state index contributed by atoms with van der Waals surface area (Å²) >= 11 is 0. The summed E-state index contributed by atoms with van der Waals surface area (Å²) in [4.78, 5) is 34.3. The minimum absolute atomic E-state index is 0.0618. The summed E-state index contributed by atoms with van der Waals surface area (Å²) in [7, 11) is 0. The Morgan fingerprint density at radius 1 is 1.10 bits per heavy atom. The lowest BCUT2D eigenvalue weighted by molar-refractivity contribution is -0.384. The minimum atomic E-state index is -0.604. The highest BCUT2D eigenvalue weighted by molar-refractivity contribution is 5.94. The maximum atomic E-state index is 12.2. The van der Waals surface area contributed by atoms with Crippen molar-refractivity contribution in [3.63, 3.8) is 0 Å². The number of nitro benzene ring substituents is 1. The topological polar surface area (TPSA) is 116 Å². The maximum Gasteiger partial charge on any atom is 0.310 e. The van der Waals surface area contributed by atoms with Gasteiger partial charge in [-0.2, -0.15) is 5.10 Å². The number of benzene rings is 2. The molecule has 1 N–H and O–H groups in total. The van der Waals surface area contributed by atoms with Crippen LogP contribution in [0.2, 0.25) is 0 Å². The molecule has 0 radical (unpaired) electrons. The van der Waals surface area contributed by atoms with Crippen molar-refractivity contribution in [2.24, 2.45) is 0 Å². The van der Waals surface area contributed by atoms with Crippen LogP contribution >= 0.6 is 0 Å². The zero-order valence-corrected chi connectivity index (χ0v) is 16.5. The number of amides is 1. The molecule has 2 aromatic carbocycles. The van der Waals surface area contributed by atoms with E-state index in [1.54, 1.807) is 11.6 Å². The van der Waals surface area contributed by atoms with Gasteiger partial charge in [-0.3, -0.25) is 19.7 Å². The third kappa shape index (κ3) is 4.88. The highest BCUT2D eigenvalue weighted by atomic mass is 16.6. The quantitative estimate of drug-likeness (QED) is 0.365. The first-order valence-corrected chi connectivity index (χ1v) is 9.15. The zero-order chi connectivity index (χ0) is 21.7. The van der Waals surface area contributed by atoms with E-state index < -0.39 is 23.4 Å². The van der Waals surface area contributed by atoms with E-state index in [-0.39, 0.29) is 12.1 Å². The lowest BCUT2D eigenvalue weighted by Crippen LogP contribution is -2.22. The van der Waals surface area contributed by atoms with E-state index in [1.807, 2.05) is 37.3 Å². The molecule has 3 aromatic rings. The van der Waals surface area contributed by atoms with Crippen LogP contribution < -0.4 is 5.32 Å². The largest absolute Gasteiger partial charge is 0.455 e. The van der Waals surface area contributed by atoms with Gasteiger partial charge >= 0.3 is 5.97 Å². The normalized spacial score (nSPS) is 10.5. The Kier molecular flexibility index (Phi) is 6.21. The molecule has 3 rings (SSSR count). The minimum Gasteiger partial charge on any atom is -0.455 e. The van der Waals surface area contributed by atoms with Gasteiger partial charge in [0.1, 0.15) is 0 Å². The SMILES string of the molecule is Cc1nn(-c2ccccc2)c(C)c1NC(=O)COC(=O)Cc1ccc([N+](=O)[O-])cc1. The molecule has 0 saturated carbocycles. The first-order valence-electron chi connectivity index (χ1n) is 9.15. The number of esters is 1. The number of aromatic nitrogens is 2. The van der Waals surface area contributed by atoms with Gasteiger partial charge in [0.2, 0.25) is 0 Å². The van der Waals surface area contributed by atoms with Crippen LogP contribution in [0.1, 0.15) is 17.0 Å². The molecular formula is C21H20N4O5. The van der Waals surface area contributed by atoms with Gasteiger partial charge in [-0.05, 0) is 31.5 Å². The van der Waals surface area contributed by atoms with Crippen molar-refractivity contribution in [1.29, 1.82) is 0 Å². The summed E-state index contributed by atoms with van der Waals surface area (Å²) in [6.45, 7) is 3.17. The van der Waals surface area contributed by atoms with Crippen LogP contribution in [-0.4, -0.2) is 33.2 Å². The highest BCUT2D eigenvalue weighted by Crippen LogP contribution is 2.22. The number of anilines is 1. The van der Waals surface area contributed by atoms with Crippen LogP contribution in [0.25, 0.3) is 5.69 Å². The number of aryl methyl sites for hydroxylation is 1. The Hall–Kier alpha value is -4.01. The average molecular weight is 408 g/mol. The molecule has 0 atom stereocenters. The van der Waals surface area contributed by atoms with Gasteiger partial charge in [0.15, 0.2) is 6.61 Å². The molecule has 1 heterocycles. The summed E-state index contributed by atoms with van der Waals surface area (Å²) in [5, 5.41) is 17.8. The van der Waals surface area contributed by atoms with Gasteiger partial charge < -0.3 is 10.1 Å². The van der Waals surface area contributed by atoms with Gasteiger partial charge in [-0.1, -0.05) is 30.3 Å². The molecule has 0 aliphatic heterocycles. The van der Waals surface area contributed by atoms with E-state index in [0.717, 1.165) is 11.4 Å². The predicted octanol–water partition coefficient (Wildman–Crippen LogP) is 3.12. The first-order chi connectivity index (χ1) is 14.3. The molecule has 1 amide bonds. The maximum absolute atomic E-state index is 12.2. The molecule has 0 saturated heterocycles. The highest BCUT2D eigenvalue weighted by Gasteiger charge is 2.16. The number of rotatable bonds is 7. The molecule has 154 valence electrons. The van der Waals surface area contributed by atoms with Crippen molar-refractivity contribution in [2.75, 3.05) is 11.9 Å². The number of non-ortho nitro benzene ring substituents is 1. The Bertz CT molecular complexity index is 1070. The first kappa shape index (κ1) is 20.7. The predicted molar refractivity (Wildman–Crippen MR) is 109 cm³/mol. The Labute approximate surface area is 172 Å². The van der Waals surface area contributed by atoms with Crippen LogP contribution in [-0.2, 0) is 20.7 Å². The van der Waals surface area contributed by atoms with Crippen LogP contribution in [0.4, 0.5) is 11.4 Å². The molecule has 9 nitrogen and oxygen atoms in total. The van der Waals surface area contributed by atoms with Crippen molar-refractivity contribution >= 4 is 23.3 Å². The number of ether oxygens (including phenoxy) is 1. The number of nitrogens with one attached hydrogen (secondary N) is 1. The second-order valence-electron chi connectivity index (χ2n) is 6.60. The number of para-hydroxylation sites is 1. The summed E-state index contributed by atoms with van der Waals surface area (Å²) in [6.07, 6.45) is -0.0880. The zero-order valence-electron chi connectivity index (χ0n) is 16.5. The molecular weight excluding hydrogens is 388 g/mol. The second-order valence-corrected chi connectivity index (χ2v) is 6.60. The smallest absolute Gasteiger partial charge is 0.310 e. The van der Waals surface area contributed by atoms with Gasteiger partial charge in [0, 0.05) is 12.1 Å². The van der Waals surface area contributed by atoms with Crippen molar-refractivity contribution in [3.05, 3.63) is 81.7 Å². The van der Waals surface area contributed by atoms with Crippen molar-refractivity contribution in [2.45, 2.75) is 20.3 Å². The van der Waals surface area contributed by atoms with Crippen molar-refractivity contribution < 1.29 is 19.2 Å². The van der Waals surface area contributed by atoms with Gasteiger partial charge in [-0.15, -0.1) is 0 Å². The second kappa shape index (κ2) is 8.99. The number of nitro groups is 1. The molecule has 0 aliphatic carbocycles. The van der Waals surface area contributed by atoms with Crippen LogP contribution in [0.5, 0.6) is 0 Å². The number of hydrogen-bond acceptors (Lipinski definition) is 6. The lowest BCUT2D eigenvalue weighted by Gasteiger charge is -2.08. The summed E-state index contributed by atoms with van der Waals surface area (Å²) in [5.74, 6) is -1.08. The molecule has 0 fully saturated rings. The van der Waals surface area contributed by atoms with E-state index in [2.05, 4.69) is 10.4 Å². The molecule has 9 heteroatoms. The standard InChI is InChI=1S/C21H20N4O5/c1-14-21(15(2)24(23-14)17-6-4-3-5-7-17)22-19(26)13-30-20(27)12-16-8-10-18(11-9-16)25(28)29/h3-11H,12-13H2,1-2H3,(H,22,26). The van der Waals surface area contributed by atoms with E-state index >= 15 is 0 Å². The van der Waals surface area contributed by atoms with E-state index in [1.165, 1.54) is 24.3 Å². The molecule has 0 bridgehead atoms. The third-order valence-corrected chi connectivity index (χ3v) is 4.42. The van der Waals surface area contributed by atoms with E-state index in [9.17, 15) is 19.7 Å². The number of hydrogen-bond donors (Lipinski definition) is 1. The van der Waals surface area contributed by atoms with Gasteiger partial charge in [-0.25, -0.2) is 4.68 Å². The van der Waals surface area contributed by atoms with Crippen LogP contribution in [0, 0.1) is 24.0 Å². The van der Waals surface area contributed by atoms with Gasteiger partial charge in [0.25, 0.3) is 11.6 Å². The monoisotopic (exact) mass is 408 g/mol. The van der Waals surface area contributed by atoms with E-state index in [4.69, 9.17) is 4.74 Å². The fourth-order valence-corrected chi connectivity index (χ4v) is 2.92. The fraction of sp³-hybridized carbons (Fsp3) is 0.190. The third-order valence-electron chi connectivity index (χ3n) is 4.42.